The number of amides is 3. The molecule has 1 heterocycles. The standard InChI is InChI=1S/C30H30ClN3O4/c1-3-4-8-17-38-24-15-13-23(14-16-24)32-28(35)22-12-11-20(2)25(18-22)33-27-26(31)29(36)34(30(27)37)19-21-9-6-5-7-10-21/h5-7,9-16,18,33H,3-4,8,17,19H2,1-2H3,(H,32,35). The molecule has 38 heavy (non-hydrogen) atoms. The molecule has 0 aliphatic carbocycles. The van der Waals surface area contributed by atoms with Gasteiger partial charge in [-0.25, -0.2) is 0 Å². The van der Waals surface area contributed by atoms with Crippen LogP contribution in [0, 0.1) is 6.92 Å². The molecule has 0 radical (unpaired) electrons. The number of rotatable bonds is 11. The fourth-order valence-corrected chi connectivity index (χ4v) is 4.21. The number of carbonyl (C=O) groups is 3. The zero-order valence-electron chi connectivity index (χ0n) is 21.4. The first-order valence-corrected chi connectivity index (χ1v) is 13.0. The Balaban J connectivity index is 1.43. The average Bonchev–Trinajstić information content (AvgIpc) is 3.12. The minimum Gasteiger partial charge on any atom is -0.494 e. The van der Waals surface area contributed by atoms with Gasteiger partial charge in [-0.3, -0.25) is 19.3 Å². The molecule has 0 atom stereocenters. The first-order valence-electron chi connectivity index (χ1n) is 12.6. The van der Waals surface area contributed by atoms with Crippen LogP contribution in [-0.4, -0.2) is 29.2 Å². The van der Waals surface area contributed by atoms with E-state index in [1.165, 1.54) is 0 Å². The Kier molecular flexibility index (Phi) is 8.81. The molecule has 3 aromatic carbocycles. The van der Waals surface area contributed by atoms with Crippen LogP contribution in [0.1, 0.15) is 47.7 Å². The number of aryl methyl sites for hydroxylation is 1. The number of ether oxygens (including phenoxy) is 1. The summed E-state index contributed by atoms with van der Waals surface area (Å²) in [6.07, 6.45) is 3.27. The normalized spacial score (nSPS) is 13.2. The summed E-state index contributed by atoms with van der Waals surface area (Å²) >= 11 is 6.27. The lowest BCUT2D eigenvalue weighted by Gasteiger charge is -2.16. The molecule has 8 heteroatoms. The molecule has 0 bridgehead atoms. The van der Waals surface area contributed by atoms with Crippen LogP contribution in [0.3, 0.4) is 0 Å². The molecule has 1 aliphatic heterocycles. The number of nitrogens with zero attached hydrogens (tertiary/aromatic N) is 1. The van der Waals surface area contributed by atoms with Crippen molar-refractivity contribution in [3.63, 3.8) is 0 Å². The summed E-state index contributed by atoms with van der Waals surface area (Å²) < 4.78 is 5.72. The average molecular weight is 532 g/mol. The highest BCUT2D eigenvalue weighted by molar-refractivity contribution is 6.48. The van der Waals surface area contributed by atoms with Crippen LogP contribution in [0.2, 0.25) is 0 Å². The van der Waals surface area contributed by atoms with Gasteiger partial charge in [0.05, 0.1) is 13.2 Å². The van der Waals surface area contributed by atoms with Crippen LogP contribution in [0.25, 0.3) is 0 Å². The third kappa shape index (κ3) is 6.42. The van der Waals surface area contributed by atoms with E-state index < -0.39 is 11.8 Å². The largest absolute Gasteiger partial charge is 0.494 e. The molecule has 1 aliphatic rings. The van der Waals surface area contributed by atoms with Crippen LogP contribution >= 0.6 is 11.6 Å². The number of anilines is 2. The summed E-state index contributed by atoms with van der Waals surface area (Å²) in [6, 6.07) is 21.5. The van der Waals surface area contributed by atoms with Gasteiger partial charge in [0.15, 0.2) is 0 Å². The molecule has 0 spiro atoms. The van der Waals surface area contributed by atoms with Crippen LogP contribution in [0.15, 0.2) is 83.5 Å². The third-order valence-electron chi connectivity index (χ3n) is 6.18. The van der Waals surface area contributed by atoms with Crippen molar-refractivity contribution in [1.29, 1.82) is 0 Å². The van der Waals surface area contributed by atoms with Crippen molar-refractivity contribution in [2.45, 2.75) is 39.7 Å². The van der Waals surface area contributed by atoms with E-state index in [-0.39, 0.29) is 23.2 Å². The summed E-state index contributed by atoms with van der Waals surface area (Å²) in [5, 5.41) is 5.68. The third-order valence-corrected chi connectivity index (χ3v) is 6.53. The number of hydrogen-bond donors (Lipinski definition) is 2. The quantitative estimate of drug-likeness (QED) is 0.225. The Morgan fingerprint density at radius 1 is 0.947 bits per heavy atom. The second-order valence-corrected chi connectivity index (χ2v) is 9.44. The molecule has 196 valence electrons. The maximum Gasteiger partial charge on any atom is 0.279 e. The summed E-state index contributed by atoms with van der Waals surface area (Å²) in [4.78, 5) is 39.8. The van der Waals surface area contributed by atoms with Gasteiger partial charge in [0, 0.05) is 16.9 Å². The highest BCUT2D eigenvalue weighted by atomic mass is 35.5. The van der Waals surface area contributed by atoms with Crippen molar-refractivity contribution in [3.8, 4) is 5.75 Å². The predicted octanol–water partition coefficient (Wildman–Crippen LogP) is 6.25. The highest BCUT2D eigenvalue weighted by Crippen LogP contribution is 2.29. The lowest BCUT2D eigenvalue weighted by molar-refractivity contribution is -0.138. The van der Waals surface area contributed by atoms with E-state index in [0.29, 0.717) is 23.5 Å². The molecule has 0 saturated heterocycles. The molecule has 3 aromatic rings. The van der Waals surface area contributed by atoms with Crippen molar-refractivity contribution >= 4 is 40.7 Å². The Bertz CT molecular complexity index is 1350. The fraction of sp³-hybridized carbons (Fsp3) is 0.233. The van der Waals surface area contributed by atoms with Crippen molar-refractivity contribution < 1.29 is 19.1 Å². The zero-order chi connectivity index (χ0) is 27.1. The molecule has 0 saturated carbocycles. The van der Waals surface area contributed by atoms with E-state index in [1.54, 1.807) is 30.3 Å². The van der Waals surface area contributed by atoms with E-state index in [9.17, 15) is 14.4 Å². The van der Waals surface area contributed by atoms with Crippen molar-refractivity contribution in [2.24, 2.45) is 0 Å². The Morgan fingerprint density at radius 3 is 2.39 bits per heavy atom. The molecule has 3 amide bonds. The van der Waals surface area contributed by atoms with E-state index in [0.717, 1.165) is 41.0 Å². The van der Waals surface area contributed by atoms with Crippen LogP contribution < -0.4 is 15.4 Å². The van der Waals surface area contributed by atoms with Gasteiger partial charge in [0.2, 0.25) is 0 Å². The van der Waals surface area contributed by atoms with Crippen LogP contribution in [-0.2, 0) is 16.1 Å². The van der Waals surface area contributed by atoms with Gasteiger partial charge in [0.1, 0.15) is 16.5 Å². The van der Waals surface area contributed by atoms with E-state index >= 15 is 0 Å². The Hall–Kier alpha value is -4.10. The first kappa shape index (κ1) is 26.9. The number of imide groups is 1. The minimum atomic E-state index is -0.563. The maximum absolute atomic E-state index is 13.0. The molecule has 0 fully saturated rings. The molecular weight excluding hydrogens is 502 g/mol. The number of carbonyl (C=O) groups excluding carboxylic acids is 3. The highest BCUT2D eigenvalue weighted by Gasteiger charge is 2.38. The van der Waals surface area contributed by atoms with Gasteiger partial charge >= 0.3 is 0 Å². The molecule has 7 nitrogen and oxygen atoms in total. The van der Waals surface area contributed by atoms with Crippen molar-refractivity contribution in [2.75, 3.05) is 17.2 Å². The monoisotopic (exact) mass is 531 g/mol. The van der Waals surface area contributed by atoms with E-state index in [1.807, 2.05) is 49.4 Å². The molecular formula is C30H30ClN3O4. The number of nitrogens with one attached hydrogen (secondary N) is 2. The number of hydrogen-bond acceptors (Lipinski definition) is 5. The molecule has 0 aromatic heterocycles. The summed E-state index contributed by atoms with van der Waals surface area (Å²) in [7, 11) is 0. The van der Waals surface area contributed by atoms with Crippen LogP contribution in [0.4, 0.5) is 11.4 Å². The number of unbranched alkanes of at least 4 members (excludes halogenated alkanes) is 2. The first-order chi connectivity index (χ1) is 18.4. The zero-order valence-corrected chi connectivity index (χ0v) is 22.2. The SMILES string of the molecule is CCCCCOc1ccc(NC(=O)c2ccc(C)c(NC3=C(Cl)C(=O)N(Cc4ccccc4)C3=O)c2)cc1. The Morgan fingerprint density at radius 2 is 1.68 bits per heavy atom. The second-order valence-electron chi connectivity index (χ2n) is 9.06. The molecule has 4 rings (SSSR count). The van der Waals surface area contributed by atoms with Gasteiger partial charge in [-0.05, 0) is 60.9 Å². The van der Waals surface area contributed by atoms with Gasteiger partial charge in [-0.2, -0.15) is 0 Å². The summed E-state index contributed by atoms with van der Waals surface area (Å²) in [5.41, 5.74) is 3.10. The van der Waals surface area contributed by atoms with Gasteiger partial charge in [0.25, 0.3) is 17.7 Å². The number of halogens is 1. The maximum atomic E-state index is 13.0. The van der Waals surface area contributed by atoms with E-state index in [4.69, 9.17) is 16.3 Å². The van der Waals surface area contributed by atoms with E-state index in [2.05, 4.69) is 17.6 Å². The van der Waals surface area contributed by atoms with Gasteiger partial charge < -0.3 is 15.4 Å². The predicted molar refractivity (Wildman–Crippen MR) is 149 cm³/mol. The van der Waals surface area contributed by atoms with Gasteiger partial charge in [-0.1, -0.05) is 67.8 Å². The fourth-order valence-electron chi connectivity index (χ4n) is 3.98. The smallest absolute Gasteiger partial charge is 0.279 e. The number of benzene rings is 3. The van der Waals surface area contributed by atoms with Crippen molar-refractivity contribution in [1.82, 2.24) is 4.90 Å². The minimum absolute atomic E-state index is 0.0113. The van der Waals surface area contributed by atoms with Gasteiger partial charge in [-0.15, -0.1) is 0 Å². The van der Waals surface area contributed by atoms with Crippen molar-refractivity contribution in [3.05, 3.63) is 100 Å². The summed E-state index contributed by atoms with van der Waals surface area (Å²) in [6.45, 7) is 4.76. The lowest BCUT2D eigenvalue weighted by atomic mass is 10.1. The summed E-state index contributed by atoms with van der Waals surface area (Å²) in [5.74, 6) is -0.644. The van der Waals surface area contributed by atoms with Crippen LogP contribution in [0.5, 0.6) is 5.75 Å². The topological polar surface area (TPSA) is 87.7 Å². The molecule has 2 N–H and O–H groups in total. The Labute approximate surface area is 227 Å². The molecule has 0 unspecified atom stereocenters. The lowest BCUT2D eigenvalue weighted by Crippen LogP contribution is -2.31. The second kappa shape index (κ2) is 12.4.